The zero-order valence-electron chi connectivity index (χ0n) is 12.0. The van der Waals surface area contributed by atoms with Crippen molar-refractivity contribution in [3.05, 3.63) is 76.1 Å². The molecule has 5 nitrogen and oxygen atoms in total. The van der Waals surface area contributed by atoms with Gasteiger partial charge in [-0.3, -0.25) is 5.10 Å². The van der Waals surface area contributed by atoms with E-state index in [9.17, 15) is 9.50 Å². The second kappa shape index (κ2) is 6.53. The van der Waals surface area contributed by atoms with Gasteiger partial charge >= 0.3 is 0 Å². The molecule has 0 aliphatic carbocycles. The highest BCUT2D eigenvalue weighted by Gasteiger charge is 2.09. The molecular weight excluding hydrogens is 315 g/mol. The van der Waals surface area contributed by atoms with Gasteiger partial charge < -0.3 is 5.11 Å². The summed E-state index contributed by atoms with van der Waals surface area (Å²) in [7, 11) is 0. The quantitative estimate of drug-likeness (QED) is 0.571. The number of hydrogen-bond donors (Lipinski definition) is 2. The summed E-state index contributed by atoms with van der Waals surface area (Å²) in [5, 5.41) is 20.3. The van der Waals surface area contributed by atoms with Crippen LogP contribution in [0.4, 0.5) is 4.39 Å². The monoisotopic (exact) mass is 328 g/mol. The maximum absolute atomic E-state index is 13.8. The van der Waals surface area contributed by atoms with E-state index < -0.39 is 0 Å². The van der Waals surface area contributed by atoms with E-state index in [1.165, 1.54) is 10.7 Å². The number of aromatic amines is 1. The molecule has 0 saturated carbocycles. The highest BCUT2D eigenvalue weighted by Crippen LogP contribution is 2.12. The number of aromatic nitrogens is 3. The maximum Gasteiger partial charge on any atom is 0.216 e. The summed E-state index contributed by atoms with van der Waals surface area (Å²) in [5.41, 5.74) is 1.31. The number of phenols is 1. The minimum Gasteiger partial charge on any atom is -0.508 e. The van der Waals surface area contributed by atoms with E-state index in [1.807, 2.05) is 0 Å². The number of hydrogen-bond acceptors (Lipinski definition) is 4. The molecular formula is C16H13FN4OS. The zero-order valence-corrected chi connectivity index (χ0v) is 12.8. The van der Waals surface area contributed by atoms with Crippen LogP contribution in [0.15, 0.2) is 53.6 Å². The van der Waals surface area contributed by atoms with E-state index in [4.69, 9.17) is 12.2 Å². The Labute approximate surface area is 136 Å². The molecule has 116 valence electrons. The van der Waals surface area contributed by atoms with Crippen LogP contribution in [0.25, 0.3) is 0 Å². The molecule has 0 radical (unpaired) electrons. The van der Waals surface area contributed by atoms with Gasteiger partial charge in [-0.15, -0.1) is 0 Å². The van der Waals surface area contributed by atoms with Crippen molar-refractivity contribution in [1.82, 2.24) is 14.9 Å². The summed E-state index contributed by atoms with van der Waals surface area (Å²) in [6.45, 7) is 0. The summed E-state index contributed by atoms with van der Waals surface area (Å²) >= 11 is 5.16. The first-order valence-corrected chi connectivity index (χ1v) is 7.27. The van der Waals surface area contributed by atoms with Crippen molar-refractivity contribution >= 4 is 18.4 Å². The Balaban J connectivity index is 1.88. The van der Waals surface area contributed by atoms with Crippen molar-refractivity contribution < 1.29 is 9.50 Å². The lowest BCUT2D eigenvalue weighted by molar-refractivity contribution is 0.475. The Morgan fingerprint density at radius 1 is 1.22 bits per heavy atom. The molecule has 1 heterocycles. The molecule has 0 bridgehead atoms. The number of phenolic OH excluding ortho intramolecular Hbond substituents is 1. The van der Waals surface area contributed by atoms with Crippen LogP contribution in [-0.4, -0.2) is 26.2 Å². The third-order valence-electron chi connectivity index (χ3n) is 3.24. The van der Waals surface area contributed by atoms with Crippen molar-refractivity contribution in [3.8, 4) is 5.75 Å². The number of benzene rings is 2. The Hall–Kier alpha value is -2.80. The van der Waals surface area contributed by atoms with Crippen LogP contribution in [0.1, 0.15) is 17.0 Å². The summed E-state index contributed by atoms with van der Waals surface area (Å²) < 4.78 is 15.5. The molecule has 7 heteroatoms. The predicted molar refractivity (Wildman–Crippen MR) is 87.7 cm³/mol. The van der Waals surface area contributed by atoms with E-state index in [2.05, 4.69) is 15.3 Å². The van der Waals surface area contributed by atoms with E-state index in [1.54, 1.807) is 48.7 Å². The fourth-order valence-electron chi connectivity index (χ4n) is 2.05. The molecule has 2 N–H and O–H groups in total. The van der Waals surface area contributed by atoms with Crippen LogP contribution < -0.4 is 0 Å². The molecule has 0 atom stereocenters. The molecule has 23 heavy (non-hydrogen) atoms. The van der Waals surface area contributed by atoms with Crippen LogP contribution in [0.2, 0.25) is 0 Å². The number of aromatic hydroxyl groups is 1. The Morgan fingerprint density at radius 2 is 1.96 bits per heavy atom. The van der Waals surface area contributed by atoms with Gasteiger partial charge in [0.05, 0.1) is 6.21 Å². The lowest BCUT2D eigenvalue weighted by Crippen LogP contribution is -2.02. The Bertz CT molecular complexity index is 899. The summed E-state index contributed by atoms with van der Waals surface area (Å²) in [6, 6.07) is 13.1. The second-order valence-electron chi connectivity index (χ2n) is 4.86. The van der Waals surface area contributed by atoms with Crippen molar-refractivity contribution in [1.29, 1.82) is 0 Å². The van der Waals surface area contributed by atoms with Crippen LogP contribution in [0.3, 0.4) is 0 Å². The zero-order chi connectivity index (χ0) is 16.2. The second-order valence-corrected chi connectivity index (χ2v) is 5.25. The molecule has 0 unspecified atom stereocenters. The molecule has 0 saturated heterocycles. The van der Waals surface area contributed by atoms with Gasteiger partial charge in [-0.2, -0.15) is 14.9 Å². The van der Waals surface area contributed by atoms with Crippen molar-refractivity contribution in [2.75, 3.05) is 0 Å². The fourth-order valence-corrected chi connectivity index (χ4v) is 2.25. The minimum atomic E-state index is -0.296. The van der Waals surface area contributed by atoms with Crippen LogP contribution in [0, 0.1) is 10.6 Å². The normalized spacial score (nSPS) is 11.2. The van der Waals surface area contributed by atoms with E-state index >= 15 is 0 Å². The molecule has 0 amide bonds. The molecule has 0 aliphatic heterocycles. The highest BCUT2D eigenvalue weighted by atomic mass is 32.1. The first-order valence-electron chi connectivity index (χ1n) is 6.86. The largest absolute Gasteiger partial charge is 0.508 e. The number of H-pyrrole nitrogens is 1. The minimum absolute atomic E-state index is 0.183. The highest BCUT2D eigenvalue weighted by molar-refractivity contribution is 7.71. The van der Waals surface area contributed by atoms with Crippen molar-refractivity contribution in [2.45, 2.75) is 6.42 Å². The molecule has 0 aliphatic rings. The van der Waals surface area contributed by atoms with Gasteiger partial charge in [0.15, 0.2) is 5.82 Å². The van der Waals surface area contributed by atoms with Crippen LogP contribution in [0.5, 0.6) is 5.75 Å². The van der Waals surface area contributed by atoms with E-state index in [-0.39, 0.29) is 18.0 Å². The van der Waals surface area contributed by atoms with Gasteiger partial charge in [0.1, 0.15) is 11.6 Å². The third kappa shape index (κ3) is 3.51. The van der Waals surface area contributed by atoms with Gasteiger partial charge in [0.25, 0.3) is 0 Å². The standard InChI is InChI=1S/C16H13FN4OS/c17-14-4-2-1-3-12(14)9-15-19-20-16(23)21(15)18-10-11-5-7-13(22)8-6-11/h1-8,10,22H,9H2,(H,20,23)/b18-10-. The smallest absolute Gasteiger partial charge is 0.216 e. The molecule has 1 aromatic heterocycles. The lowest BCUT2D eigenvalue weighted by Gasteiger charge is -2.02. The molecule has 2 aromatic carbocycles. The average Bonchev–Trinajstić information content (AvgIpc) is 2.89. The number of nitrogens with zero attached hydrogens (tertiary/aromatic N) is 3. The average molecular weight is 328 g/mol. The van der Waals surface area contributed by atoms with E-state index in [0.717, 1.165) is 5.56 Å². The summed E-state index contributed by atoms with van der Waals surface area (Å²) in [4.78, 5) is 0. The van der Waals surface area contributed by atoms with Crippen molar-refractivity contribution in [3.63, 3.8) is 0 Å². The molecule has 0 fully saturated rings. The van der Waals surface area contributed by atoms with Gasteiger partial charge in [0.2, 0.25) is 4.77 Å². The topological polar surface area (TPSA) is 66.2 Å². The Morgan fingerprint density at radius 3 is 2.70 bits per heavy atom. The predicted octanol–water partition coefficient (Wildman–Crippen LogP) is 3.26. The third-order valence-corrected chi connectivity index (χ3v) is 3.50. The summed E-state index contributed by atoms with van der Waals surface area (Å²) in [5.74, 6) is 0.396. The molecule has 0 spiro atoms. The SMILES string of the molecule is Oc1ccc(/C=N\n2c(Cc3ccccc3F)n[nH]c2=S)cc1. The van der Waals surface area contributed by atoms with Gasteiger partial charge in [-0.1, -0.05) is 18.2 Å². The van der Waals surface area contributed by atoms with E-state index in [0.29, 0.717) is 16.2 Å². The molecule has 3 aromatic rings. The van der Waals surface area contributed by atoms with Crippen LogP contribution in [-0.2, 0) is 6.42 Å². The summed E-state index contributed by atoms with van der Waals surface area (Å²) in [6.07, 6.45) is 1.86. The van der Waals surface area contributed by atoms with Gasteiger partial charge in [-0.25, -0.2) is 4.39 Å². The lowest BCUT2D eigenvalue weighted by atomic mass is 10.1. The van der Waals surface area contributed by atoms with Crippen LogP contribution >= 0.6 is 12.2 Å². The van der Waals surface area contributed by atoms with Gasteiger partial charge in [0, 0.05) is 6.42 Å². The maximum atomic E-state index is 13.8. The Kier molecular flexibility index (Phi) is 4.29. The first-order chi connectivity index (χ1) is 11.1. The molecule has 3 rings (SSSR count). The number of nitrogens with one attached hydrogen (secondary N) is 1. The fraction of sp³-hybridized carbons (Fsp3) is 0.0625. The van der Waals surface area contributed by atoms with Crippen molar-refractivity contribution in [2.24, 2.45) is 5.10 Å². The first kappa shape index (κ1) is 15.1. The number of halogens is 1. The number of rotatable bonds is 4. The van der Waals surface area contributed by atoms with Gasteiger partial charge in [-0.05, 0) is 53.7 Å².